The minimum absolute atomic E-state index is 0.0916. The molecule has 0 aliphatic carbocycles. The van der Waals surface area contributed by atoms with Gasteiger partial charge in [-0.05, 0) is 32.6 Å². The average molecular weight is 253 g/mol. The Bertz CT molecular complexity index is 321. The predicted octanol–water partition coefficient (Wildman–Crippen LogP) is 2.10. The minimum Gasteiger partial charge on any atom is -0.348 e. The zero-order valence-electron chi connectivity index (χ0n) is 11.4. The summed E-state index contributed by atoms with van der Waals surface area (Å²) in [6.45, 7) is 6.06. The lowest BCUT2D eigenvalue weighted by atomic mass is 10.0. The lowest BCUT2D eigenvalue weighted by Crippen LogP contribution is -2.50. The molecule has 2 heterocycles. The Labute approximate surface area is 109 Å². The summed E-state index contributed by atoms with van der Waals surface area (Å²) in [5.74, 6) is 0.139. The molecule has 0 spiro atoms. The molecule has 2 aliphatic heterocycles. The topological polar surface area (TPSA) is 38.8 Å². The molecule has 2 aliphatic rings. The third kappa shape index (κ3) is 2.93. The van der Waals surface area contributed by atoms with Gasteiger partial charge in [-0.3, -0.25) is 4.79 Å². The summed E-state index contributed by atoms with van der Waals surface area (Å²) in [6, 6.07) is 0.0916. The summed E-state index contributed by atoms with van der Waals surface area (Å²) in [5, 5.41) is 0. The number of amides is 1. The van der Waals surface area contributed by atoms with Gasteiger partial charge >= 0.3 is 0 Å². The van der Waals surface area contributed by atoms with E-state index < -0.39 is 0 Å². The molecule has 1 atom stereocenters. The van der Waals surface area contributed by atoms with Crippen molar-refractivity contribution < 1.29 is 14.3 Å². The average Bonchev–Trinajstić information content (AvgIpc) is 2.92. The van der Waals surface area contributed by atoms with Crippen LogP contribution in [0.1, 0.15) is 39.5 Å². The molecule has 18 heavy (non-hydrogen) atoms. The van der Waals surface area contributed by atoms with E-state index in [0.717, 1.165) is 37.8 Å². The fraction of sp³-hybridized carbons (Fsp3) is 0.786. The summed E-state index contributed by atoms with van der Waals surface area (Å²) in [6.07, 6.45) is 5.87. The lowest BCUT2D eigenvalue weighted by Gasteiger charge is -2.38. The molecule has 0 saturated carbocycles. The van der Waals surface area contributed by atoms with E-state index in [2.05, 4.69) is 0 Å². The molecule has 1 unspecified atom stereocenters. The zero-order valence-corrected chi connectivity index (χ0v) is 11.4. The molecule has 0 aromatic carbocycles. The maximum Gasteiger partial charge on any atom is 0.249 e. The van der Waals surface area contributed by atoms with Crippen LogP contribution in [0.3, 0.4) is 0 Å². The van der Waals surface area contributed by atoms with Crippen molar-refractivity contribution in [3.05, 3.63) is 11.6 Å². The lowest BCUT2D eigenvalue weighted by molar-refractivity contribution is -0.146. The van der Waals surface area contributed by atoms with E-state index in [-0.39, 0.29) is 18.2 Å². The van der Waals surface area contributed by atoms with Crippen LogP contribution in [0.4, 0.5) is 0 Å². The number of carbonyl (C=O) groups is 1. The first-order valence-corrected chi connectivity index (χ1v) is 6.95. The summed E-state index contributed by atoms with van der Waals surface area (Å²) in [7, 11) is 0. The molecule has 0 aromatic heterocycles. The van der Waals surface area contributed by atoms with E-state index >= 15 is 0 Å². The number of ether oxygens (including phenoxy) is 2. The van der Waals surface area contributed by atoms with Crippen LogP contribution in [0, 0.1) is 0 Å². The summed E-state index contributed by atoms with van der Waals surface area (Å²) in [5.41, 5.74) is 0.836. The van der Waals surface area contributed by atoms with E-state index in [4.69, 9.17) is 9.47 Å². The monoisotopic (exact) mass is 253 g/mol. The number of hydrogen-bond donors (Lipinski definition) is 0. The molecule has 1 amide bonds. The van der Waals surface area contributed by atoms with E-state index in [9.17, 15) is 4.79 Å². The van der Waals surface area contributed by atoms with Gasteiger partial charge in [-0.15, -0.1) is 0 Å². The molecule has 4 heteroatoms. The van der Waals surface area contributed by atoms with E-state index in [1.165, 1.54) is 0 Å². The molecular formula is C14H23NO3. The highest BCUT2D eigenvalue weighted by molar-refractivity contribution is 5.93. The number of carbonyl (C=O) groups excluding carboxylic acids is 1. The van der Waals surface area contributed by atoms with Crippen molar-refractivity contribution in [3.8, 4) is 0 Å². The van der Waals surface area contributed by atoms with E-state index in [1.54, 1.807) is 0 Å². The van der Waals surface area contributed by atoms with Crippen molar-refractivity contribution in [2.75, 3.05) is 19.8 Å². The Hall–Kier alpha value is -0.870. The van der Waals surface area contributed by atoms with Crippen LogP contribution >= 0.6 is 0 Å². The number of likely N-dealkylation sites (tertiary alicyclic amines) is 1. The zero-order chi connectivity index (χ0) is 13.0. The largest absolute Gasteiger partial charge is 0.348 e. The van der Waals surface area contributed by atoms with Crippen molar-refractivity contribution in [1.29, 1.82) is 0 Å². The summed E-state index contributed by atoms with van der Waals surface area (Å²) >= 11 is 0. The van der Waals surface area contributed by atoms with Crippen LogP contribution in [0.2, 0.25) is 0 Å². The van der Waals surface area contributed by atoms with Gasteiger partial charge < -0.3 is 14.4 Å². The number of hydrogen-bond acceptors (Lipinski definition) is 3. The van der Waals surface area contributed by atoms with Crippen LogP contribution in [-0.2, 0) is 14.3 Å². The Morgan fingerprint density at radius 3 is 2.72 bits per heavy atom. The van der Waals surface area contributed by atoms with Crippen molar-refractivity contribution in [2.45, 2.75) is 51.9 Å². The molecule has 0 aromatic rings. The molecule has 0 radical (unpaired) electrons. The molecule has 0 bridgehead atoms. The number of allylic oxidation sites excluding steroid dienone is 1. The van der Waals surface area contributed by atoms with Crippen molar-refractivity contribution in [1.82, 2.24) is 4.90 Å². The highest BCUT2D eigenvalue weighted by Gasteiger charge is 2.36. The van der Waals surface area contributed by atoms with Crippen molar-refractivity contribution >= 4 is 5.91 Å². The summed E-state index contributed by atoms with van der Waals surface area (Å²) in [4.78, 5) is 14.3. The highest BCUT2D eigenvalue weighted by atomic mass is 16.7. The number of rotatable bonds is 3. The van der Waals surface area contributed by atoms with E-state index in [1.807, 2.05) is 24.8 Å². The second kappa shape index (κ2) is 6.34. The second-order valence-corrected chi connectivity index (χ2v) is 4.97. The first-order chi connectivity index (χ1) is 8.74. The Morgan fingerprint density at radius 2 is 2.06 bits per heavy atom. The van der Waals surface area contributed by atoms with Crippen LogP contribution in [0.25, 0.3) is 0 Å². The van der Waals surface area contributed by atoms with E-state index in [0.29, 0.717) is 13.2 Å². The van der Waals surface area contributed by atoms with Crippen molar-refractivity contribution in [3.63, 3.8) is 0 Å². The number of nitrogens with zero attached hydrogens (tertiary/aromatic N) is 1. The van der Waals surface area contributed by atoms with Gasteiger partial charge in [-0.1, -0.05) is 13.0 Å². The third-order valence-electron chi connectivity index (χ3n) is 3.62. The maximum absolute atomic E-state index is 12.4. The summed E-state index contributed by atoms with van der Waals surface area (Å²) < 4.78 is 11.2. The van der Waals surface area contributed by atoms with Gasteiger partial charge in [0.25, 0.3) is 0 Å². The van der Waals surface area contributed by atoms with Crippen LogP contribution in [-0.4, -0.2) is 42.9 Å². The Kier molecular flexibility index (Phi) is 4.78. The van der Waals surface area contributed by atoms with Gasteiger partial charge in [0.05, 0.1) is 19.3 Å². The number of piperidine rings is 1. The molecule has 102 valence electrons. The fourth-order valence-electron chi connectivity index (χ4n) is 2.71. The second-order valence-electron chi connectivity index (χ2n) is 4.97. The third-order valence-corrected chi connectivity index (χ3v) is 3.62. The maximum atomic E-state index is 12.4. The van der Waals surface area contributed by atoms with Gasteiger partial charge in [0, 0.05) is 12.1 Å². The fourth-order valence-corrected chi connectivity index (χ4v) is 2.71. The molecule has 4 nitrogen and oxygen atoms in total. The minimum atomic E-state index is -0.219. The molecule has 0 N–H and O–H groups in total. The molecular weight excluding hydrogens is 230 g/mol. The molecule has 2 rings (SSSR count). The van der Waals surface area contributed by atoms with Crippen LogP contribution in [0.5, 0.6) is 0 Å². The van der Waals surface area contributed by atoms with Gasteiger partial charge in [0.2, 0.25) is 5.91 Å². The van der Waals surface area contributed by atoms with Crippen molar-refractivity contribution in [2.24, 2.45) is 0 Å². The first-order valence-electron chi connectivity index (χ1n) is 6.95. The van der Waals surface area contributed by atoms with Gasteiger partial charge in [0.1, 0.15) is 0 Å². The SMILES string of the molecule is CC/C=C(\C)C(=O)N1CCCCC1C1OCCO1. The van der Waals surface area contributed by atoms with Crippen LogP contribution in [0.15, 0.2) is 11.6 Å². The Balaban J connectivity index is 2.07. The van der Waals surface area contributed by atoms with Crippen LogP contribution < -0.4 is 0 Å². The Morgan fingerprint density at radius 1 is 1.33 bits per heavy atom. The molecule has 2 saturated heterocycles. The molecule has 2 fully saturated rings. The van der Waals surface area contributed by atoms with Gasteiger partial charge in [-0.25, -0.2) is 0 Å². The smallest absolute Gasteiger partial charge is 0.249 e. The predicted molar refractivity (Wildman–Crippen MR) is 69.1 cm³/mol. The standard InChI is InChI=1S/C14H23NO3/c1-3-6-11(2)13(16)15-8-5-4-7-12(15)14-17-9-10-18-14/h6,12,14H,3-5,7-10H2,1-2H3/b11-6+. The normalized spacial score (nSPS) is 26.7. The first kappa shape index (κ1) is 13.6. The highest BCUT2D eigenvalue weighted by Crippen LogP contribution is 2.25. The van der Waals surface area contributed by atoms with Gasteiger partial charge in [-0.2, -0.15) is 0 Å². The van der Waals surface area contributed by atoms with Gasteiger partial charge in [0.15, 0.2) is 6.29 Å². The quantitative estimate of drug-likeness (QED) is 0.723.